The van der Waals surface area contributed by atoms with Gasteiger partial charge in [0.2, 0.25) is 10.0 Å². The second-order valence-corrected chi connectivity index (χ2v) is 10.3. The third-order valence-electron chi connectivity index (χ3n) is 4.61. The number of benzene rings is 2. The summed E-state index contributed by atoms with van der Waals surface area (Å²) in [5.74, 6) is 0.410. The Morgan fingerprint density at radius 2 is 1.69 bits per heavy atom. The highest BCUT2D eigenvalue weighted by molar-refractivity contribution is 7.89. The molecule has 0 spiro atoms. The lowest BCUT2D eigenvalue weighted by Crippen LogP contribution is -2.29. The van der Waals surface area contributed by atoms with E-state index in [1.807, 2.05) is 24.3 Å². The Bertz CT molecular complexity index is 959. The van der Waals surface area contributed by atoms with Crippen LogP contribution in [0.4, 0.5) is 0 Å². The van der Waals surface area contributed by atoms with Crippen molar-refractivity contribution in [1.82, 2.24) is 9.62 Å². The number of carbonyl (C=O) groups is 1. The van der Waals surface area contributed by atoms with Crippen LogP contribution in [0.2, 0.25) is 0 Å². The van der Waals surface area contributed by atoms with Crippen LogP contribution in [0.25, 0.3) is 0 Å². The molecular weight excluding hydrogens is 388 g/mol. The minimum atomic E-state index is -3.60. The third kappa shape index (κ3) is 5.81. The first kappa shape index (κ1) is 22.9. The van der Waals surface area contributed by atoms with Gasteiger partial charge in [-0.05, 0) is 47.7 Å². The zero-order chi connectivity index (χ0) is 21.8. The Kier molecular flexibility index (Phi) is 7.08. The van der Waals surface area contributed by atoms with E-state index in [0.29, 0.717) is 24.3 Å². The Hall–Kier alpha value is -2.38. The zero-order valence-corrected chi connectivity index (χ0v) is 18.8. The summed E-state index contributed by atoms with van der Waals surface area (Å²) < 4.78 is 31.4. The number of ether oxygens (including phenoxy) is 1. The molecule has 1 N–H and O–H groups in total. The molecule has 7 heteroatoms. The average Bonchev–Trinajstić information content (AvgIpc) is 2.64. The number of carbonyl (C=O) groups excluding carboxylic acids is 1. The number of sulfonamides is 1. The van der Waals surface area contributed by atoms with E-state index in [2.05, 4.69) is 26.1 Å². The smallest absolute Gasteiger partial charge is 0.251 e. The first-order valence-electron chi connectivity index (χ1n) is 9.47. The summed E-state index contributed by atoms with van der Waals surface area (Å²) >= 11 is 0. The molecule has 29 heavy (non-hydrogen) atoms. The molecule has 0 aromatic heterocycles. The van der Waals surface area contributed by atoms with Crippen molar-refractivity contribution < 1.29 is 17.9 Å². The van der Waals surface area contributed by atoms with Gasteiger partial charge in [-0.1, -0.05) is 39.0 Å². The van der Waals surface area contributed by atoms with E-state index >= 15 is 0 Å². The molecule has 0 heterocycles. The molecule has 0 bridgehead atoms. The number of nitrogens with one attached hydrogen (secondary N) is 1. The third-order valence-corrected chi connectivity index (χ3v) is 6.42. The van der Waals surface area contributed by atoms with Crippen LogP contribution in [0.15, 0.2) is 47.4 Å². The molecule has 0 saturated carbocycles. The van der Waals surface area contributed by atoms with E-state index in [-0.39, 0.29) is 16.2 Å². The van der Waals surface area contributed by atoms with E-state index in [9.17, 15) is 13.2 Å². The molecule has 0 aliphatic heterocycles. The highest BCUT2D eigenvalue weighted by Crippen LogP contribution is 2.24. The fourth-order valence-electron chi connectivity index (χ4n) is 2.70. The predicted molar refractivity (Wildman–Crippen MR) is 115 cm³/mol. The highest BCUT2D eigenvalue weighted by atomic mass is 32.2. The topological polar surface area (TPSA) is 75.7 Å². The summed E-state index contributed by atoms with van der Waals surface area (Å²) in [6.45, 7) is 8.85. The lowest BCUT2D eigenvalue weighted by molar-refractivity contribution is 0.0946. The highest BCUT2D eigenvalue weighted by Gasteiger charge is 2.20. The van der Waals surface area contributed by atoms with Crippen LogP contribution in [-0.2, 0) is 15.4 Å². The van der Waals surface area contributed by atoms with Gasteiger partial charge >= 0.3 is 0 Å². The molecule has 2 aromatic carbocycles. The van der Waals surface area contributed by atoms with E-state index in [1.54, 1.807) is 13.0 Å². The van der Waals surface area contributed by atoms with E-state index in [0.717, 1.165) is 10.1 Å². The normalized spacial score (nSPS) is 12.1. The van der Waals surface area contributed by atoms with Crippen molar-refractivity contribution in [3.8, 4) is 5.75 Å². The van der Waals surface area contributed by atoms with Crippen molar-refractivity contribution in [3.63, 3.8) is 0 Å². The van der Waals surface area contributed by atoms with Gasteiger partial charge in [0.1, 0.15) is 12.4 Å². The second-order valence-electron chi connectivity index (χ2n) is 8.14. The van der Waals surface area contributed by atoms with Crippen LogP contribution in [0, 0.1) is 6.92 Å². The molecule has 1 amide bonds. The second kappa shape index (κ2) is 8.97. The van der Waals surface area contributed by atoms with Gasteiger partial charge in [0.05, 0.1) is 11.4 Å². The van der Waals surface area contributed by atoms with Crippen molar-refractivity contribution in [1.29, 1.82) is 0 Å². The number of hydrogen-bond acceptors (Lipinski definition) is 4. The van der Waals surface area contributed by atoms with Crippen LogP contribution < -0.4 is 10.1 Å². The molecule has 0 atom stereocenters. The van der Waals surface area contributed by atoms with Crippen molar-refractivity contribution in [3.05, 3.63) is 59.2 Å². The zero-order valence-electron chi connectivity index (χ0n) is 17.9. The minimum absolute atomic E-state index is 0.0823. The summed E-state index contributed by atoms with van der Waals surface area (Å²) in [5, 5.41) is 2.78. The average molecular weight is 419 g/mol. The summed E-state index contributed by atoms with van der Waals surface area (Å²) in [6, 6.07) is 12.5. The SMILES string of the molecule is Cc1ccc(S(=O)(=O)N(C)C)cc1C(=O)NCCOc1ccc(C(C)(C)C)cc1. The monoisotopic (exact) mass is 418 g/mol. The molecule has 158 valence electrons. The Morgan fingerprint density at radius 3 is 2.24 bits per heavy atom. The van der Waals surface area contributed by atoms with Crippen LogP contribution >= 0.6 is 0 Å². The lowest BCUT2D eigenvalue weighted by Gasteiger charge is -2.19. The van der Waals surface area contributed by atoms with E-state index < -0.39 is 10.0 Å². The Balaban J connectivity index is 1.96. The number of aryl methyl sites for hydroxylation is 1. The predicted octanol–water partition coefficient (Wildman–Crippen LogP) is 3.35. The Morgan fingerprint density at radius 1 is 1.07 bits per heavy atom. The molecule has 0 radical (unpaired) electrons. The standard InChI is InChI=1S/C22H30N2O4S/c1-16-7-12-19(29(26,27)24(5)6)15-20(16)21(25)23-13-14-28-18-10-8-17(9-11-18)22(2,3)4/h7-12,15H,13-14H2,1-6H3,(H,23,25). The van der Waals surface area contributed by atoms with Gasteiger partial charge in [-0.25, -0.2) is 12.7 Å². The first-order chi connectivity index (χ1) is 13.4. The summed E-state index contributed by atoms with van der Waals surface area (Å²) in [4.78, 5) is 12.6. The van der Waals surface area contributed by atoms with E-state index in [1.165, 1.54) is 31.8 Å². The fourth-order valence-corrected chi connectivity index (χ4v) is 3.63. The largest absolute Gasteiger partial charge is 0.492 e. The first-order valence-corrected chi connectivity index (χ1v) is 10.9. The van der Waals surface area contributed by atoms with Gasteiger partial charge in [0, 0.05) is 19.7 Å². The van der Waals surface area contributed by atoms with Crippen molar-refractivity contribution in [2.45, 2.75) is 38.0 Å². The quantitative estimate of drug-likeness (QED) is 0.700. The molecule has 6 nitrogen and oxygen atoms in total. The molecule has 0 fully saturated rings. The molecule has 0 saturated heterocycles. The van der Waals surface area contributed by atoms with Gasteiger partial charge in [-0.15, -0.1) is 0 Å². The number of amides is 1. The van der Waals surface area contributed by atoms with Crippen LogP contribution in [0.1, 0.15) is 42.3 Å². The maximum Gasteiger partial charge on any atom is 0.251 e. The van der Waals surface area contributed by atoms with Crippen molar-refractivity contribution in [2.75, 3.05) is 27.2 Å². The summed E-state index contributed by atoms with van der Waals surface area (Å²) in [7, 11) is -0.679. The van der Waals surface area contributed by atoms with Gasteiger partial charge in [-0.2, -0.15) is 0 Å². The molecular formula is C22H30N2O4S. The van der Waals surface area contributed by atoms with Crippen molar-refractivity contribution in [2.24, 2.45) is 0 Å². The molecule has 0 aliphatic carbocycles. The maximum atomic E-state index is 12.5. The van der Waals surface area contributed by atoms with Gasteiger partial charge in [-0.3, -0.25) is 4.79 Å². The van der Waals surface area contributed by atoms with Crippen molar-refractivity contribution >= 4 is 15.9 Å². The number of rotatable bonds is 7. The maximum absolute atomic E-state index is 12.5. The summed E-state index contributed by atoms with van der Waals surface area (Å²) in [6.07, 6.45) is 0. The molecule has 2 aromatic rings. The van der Waals surface area contributed by atoms with Gasteiger partial charge in [0.15, 0.2) is 0 Å². The van der Waals surface area contributed by atoms with Gasteiger partial charge in [0.25, 0.3) is 5.91 Å². The van der Waals surface area contributed by atoms with E-state index in [4.69, 9.17) is 4.74 Å². The lowest BCUT2D eigenvalue weighted by atomic mass is 9.87. The molecule has 2 rings (SSSR count). The Labute approximate surface area is 173 Å². The molecule has 0 aliphatic rings. The number of nitrogens with zero attached hydrogens (tertiary/aromatic N) is 1. The van der Waals surface area contributed by atoms with Crippen LogP contribution in [0.3, 0.4) is 0 Å². The minimum Gasteiger partial charge on any atom is -0.492 e. The van der Waals surface area contributed by atoms with Crippen LogP contribution in [-0.4, -0.2) is 45.9 Å². The number of hydrogen-bond donors (Lipinski definition) is 1. The van der Waals surface area contributed by atoms with Crippen LogP contribution in [0.5, 0.6) is 5.75 Å². The fraction of sp³-hybridized carbons (Fsp3) is 0.409. The molecule has 0 unspecified atom stereocenters. The summed E-state index contributed by atoms with van der Waals surface area (Å²) in [5.41, 5.74) is 2.35. The van der Waals surface area contributed by atoms with Gasteiger partial charge < -0.3 is 10.1 Å².